The molecular formula is C10H14O. The van der Waals surface area contributed by atoms with Crippen LogP contribution in [-0.2, 0) is 0 Å². The third-order valence-electron chi connectivity index (χ3n) is 3.24. The minimum atomic E-state index is -0.199. The maximum Gasteiger partial charge on any atom is 0.0682 e. The van der Waals surface area contributed by atoms with E-state index in [1.807, 2.05) is 0 Å². The summed E-state index contributed by atoms with van der Waals surface area (Å²) in [5.41, 5.74) is 0. The highest BCUT2D eigenvalue weighted by atomic mass is 16.3. The van der Waals surface area contributed by atoms with Crippen LogP contribution in [-0.4, -0.2) is 11.2 Å². The smallest absolute Gasteiger partial charge is 0.0682 e. The van der Waals surface area contributed by atoms with Gasteiger partial charge in [0.05, 0.1) is 6.10 Å². The summed E-state index contributed by atoms with van der Waals surface area (Å²) in [6, 6.07) is 0. The summed E-state index contributed by atoms with van der Waals surface area (Å²) in [6.45, 7) is 0. The highest BCUT2D eigenvalue weighted by Gasteiger charge is 2.55. The van der Waals surface area contributed by atoms with Crippen LogP contribution in [0.3, 0.4) is 0 Å². The minimum absolute atomic E-state index is 0.199. The van der Waals surface area contributed by atoms with Crippen LogP contribution in [0.5, 0.6) is 0 Å². The molecule has 0 bridgehead atoms. The Bertz CT molecular complexity index is 182. The number of fused-ring (bicyclic) bond motifs is 1. The van der Waals surface area contributed by atoms with E-state index < -0.39 is 0 Å². The van der Waals surface area contributed by atoms with Crippen molar-refractivity contribution in [3.8, 4) is 12.3 Å². The lowest BCUT2D eigenvalue weighted by Gasteiger charge is -2.07. The van der Waals surface area contributed by atoms with Gasteiger partial charge < -0.3 is 5.11 Å². The normalized spacial score (nSPS) is 42.7. The third-order valence-corrected chi connectivity index (χ3v) is 3.24. The van der Waals surface area contributed by atoms with E-state index in [0.29, 0.717) is 12.3 Å². The van der Waals surface area contributed by atoms with Gasteiger partial charge in [-0.05, 0) is 30.6 Å². The van der Waals surface area contributed by atoms with Crippen molar-refractivity contribution in [1.29, 1.82) is 0 Å². The Morgan fingerprint density at radius 3 is 2.64 bits per heavy atom. The van der Waals surface area contributed by atoms with Crippen molar-refractivity contribution < 1.29 is 5.11 Å². The molecule has 2 aliphatic rings. The maximum atomic E-state index is 9.55. The van der Waals surface area contributed by atoms with Gasteiger partial charge in [0, 0.05) is 6.42 Å². The van der Waals surface area contributed by atoms with Crippen LogP contribution in [0.1, 0.15) is 25.7 Å². The average molecular weight is 150 g/mol. The second kappa shape index (κ2) is 2.53. The second-order valence-electron chi connectivity index (χ2n) is 3.81. The minimum Gasteiger partial charge on any atom is -0.392 e. The zero-order chi connectivity index (χ0) is 7.84. The molecule has 2 saturated carbocycles. The Labute approximate surface area is 67.8 Å². The number of aliphatic hydroxyl groups excluding tert-OH is 1. The van der Waals surface area contributed by atoms with Crippen LogP contribution >= 0.6 is 0 Å². The lowest BCUT2D eigenvalue weighted by atomic mass is 10.0. The number of hydrogen-bond donors (Lipinski definition) is 1. The zero-order valence-corrected chi connectivity index (χ0v) is 6.66. The zero-order valence-electron chi connectivity index (χ0n) is 6.66. The largest absolute Gasteiger partial charge is 0.392 e. The molecule has 60 valence electrons. The quantitative estimate of drug-likeness (QED) is 0.590. The Kier molecular flexibility index (Phi) is 1.65. The van der Waals surface area contributed by atoms with Gasteiger partial charge in [-0.15, -0.1) is 12.3 Å². The van der Waals surface area contributed by atoms with Gasteiger partial charge in [-0.3, -0.25) is 0 Å². The Hall–Kier alpha value is -0.480. The van der Waals surface area contributed by atoms with Gasteiger partial charge in [0.2, 0.25) is 0 Å². The van der Waals surface area contributed by atoms with E-state index in [0.717, 1.165) is 11.8 Å². The molecule has 0 spiro atoms. The van der Waals surface area contributed by atoms with E-state index in [9.17, 15) is 5.11 Å². The molecule has 2 aliphatic carbocycles. The highest BCUT2D eigenvalue weighted by molar-refractivity contribution is 5.06. The number of rotatable bonds is 2. The number of aliphatic hydroxyl groups is 1. The molecule has 0 aromatic rings. The van der Waals surface area contributed by atoms with E-state index in [2.05, 4.69) is 5.92 Å². The van der Waals surface area contributed by atoms with Crippen molar-refractivity contribution in [3.05, 3.63) is 0 Å². The van der Waals surface area contributed by atoms with Crippen LogP contribution in [0.4, 0.5) is 0 Å². The van der Waals surface area contributed by atoms with Gasteiger partial charge in [-0.1, -0.05) is 6.42 Å². The fraction of sp³-hybridized carbons (Fsp3) is 0.800. The van der Waals surface area contributed by atoms with E-state index in [4.69, 9.17) is 6.42 Å². The van der Waals surface area contributed by atoms with Gasteiger partial charge >= 0.3 is 0 Å². The molecule has 0 aromatic heterocycles. The van der Waals surface area contributed by atoms with Crippen LogP contribution < -0.4 is 0 Å². The van der Waals surface area contributed by atoms with Crippen molar-refractivity contribution in [2.45, 2.75) is 31.8 Å². The summed E-state index contributed by atoms with van der Waals surface area (Å²) in [6.07, 6.45) is 9.52. The summed E-state index contributed by atoms with van der Waals surface area (Å²) in [5, 5.41) is 9.55. The number of hydrogen-bond acceptors (Lipinski definition) is 1. The fourth-order valence-corrected chi connectivity index (χ4v) is 2.70. The van der Waals surface area contributed by atoms with Gasteiger partial charge in [-0.2, -0.15) is 0 Å². The van der Waals surface area contributed by atoms with Crippen LogP contribution in [0.15, 0.2) is 0 Å². The molecule has 2 rings (SSSR count). The molecule has 0 amide bonds. The van der Waals surface area contributed by atoms with E-state index in [1.165, 1.54) is 19.3 Å². The van der Waals surface area contributed by atoms with Crippen molar-refractivity contribution in [2.75, 3.05) is 0 Å². The molecule has 1 N–H and O–H groups in total. The van der Waals surface area contributed by atoms with Crippen molar-refractivity contribution in [1.82, 2.24) is 0 Å². The van der Waals surface area contributed by atoms with Gasteiger partial charge in [-0.25, -0.2) is 0 Å². The van der Waals surface area contributed by atoms with Gasteiger partial charge in [0.15, 0.2) is 0 Å². The molecule has 3 atom stereocenters. The predicted octanol–water partition coefficient (Wildman–Crippen LogP) is 1.42. The Morgan fingerprint density at radius 2 is 2.09 bits per heavy atom. The molecule has 0 saturated heterocycles. The van der Waals surface area contributed by atoms with E-state index in [1.54, 1.807) is 0 Å². The van der Waals surface area contributed by atoms with E-state index in [-0.39, 0.29) is 6.10 Å². The first-order chi connectivity index (χ1) is 5.34. The molecule has 1 nitrogen and oxygen atoms in total. The summed E-state index contributed by atoms with van der Waals surface area (Å²) >= 11 is 0. The lowest BCUT2D eigenvalue weighted by Crippen LogP contribution is -2.11. The molecular weight excluding hydrogens is 136 g/mol. The fourth-order valence-electron chi connectivity index (χ4n) is 2.70. The molecule has 0 heterocycles. The predicted molar refractivity (Wildman–Crippen MR) is 43.8 cm³/mol. The summed E-state index contributed by atoms with van der Waals surface area (Å²) in [4.78, 5) is 0. The molecule has 2 fully saturated rings. The molecule has 0 aromatic carbocycles. The second-order valence-corrected chi connectivity index (χ2v) is 3.81. The maximum absolute atomic E-state index is 9.55. The topological polar surface area (TPSA) is 20.2 Å². The monoisotopic (exact) mass is 150 g/mol. The summed E-state index contributed by atoms with van der Waals surface area (Å²) in [5.74, 6) is 4.76. The standard InChI is InChI=1S/C10H14O/c1-2-4-9(11)10-7-5-3-6-8(7)10/h1,7-11H,3-6H2. The SMILES string of the molecule is C#CCC(O)C1C2CCCC21. The summed E-state index contributed by atoms with van der Waals surface area (Å²) < 4.78 is 0. The van der Waals surface area contributed by atoms with Crippen LogP contribution in [0, 0.1) is 30.1 Å². The molecule has 3 unspecified atom stereocenters. The first-order valence-corrected chi connectivity index (χ1v) is 4.46. The average Bonchev–Trinajstić information content (AvgIpc) is 2.47. The molecule has 0 aliphatic heterocycles. The first kappa shape index (κ1) is 7.18. The highest BCUT2D eigenvalue weighted by Crippen LogP contribution is 2.59. The Morgan fingerprint density at radius 1 is 1.45 bits per heavy atom. The lowest BCUT2D eigenvalue weighted by molar-refractivity contribution is 0.140. The van der Waals surface area contributed by atoms with Crippen molar-refractivity contribution in [3.63, 3.8) is 0 Å². The molecule has 11 heavy (non-hydrogen) atoms. The van der Waals surface area contributed by atoms with Crippen LogP contribution in [0.2, 0.25) is 0 Å². The van der Waals surface area contributed by atoms with Gasteiger partial charge in [0.1, 0.15) is 0 Å². The molecule has 1 heteroatoms. The summed E-state index contributed by atoms with van der Waals surface area (Å²) in [7, 11) is 0. The molecule has 0 radical (unpaired) electrons. The van der Waals surface area contributed by atoms with Crippen LogP contribution in [0.25, 0.3) is 0 Å². The van der Waals surface area contributed by atoms with Crippen molar-refractivity contribution in [2.24, 2.45) is 17.8 Å². The third kappa shape index (κ3) is 1.06. The Balaban J connectivity index is 1.86. The van der Waals surface area contributed by atoms with Crippen molar-refractivity contribution >= 4 is 0 Å². The number of terminal acetylenes is 1. The van der Waals surface area contributed by atoms with Gasteiger partial charge in [0.25, 0.3) is 0 Å². The van der Waals surface area contributed by atoms with E-state index >= 15 is 0 Å². The first-order valence-electron chi connectivity index (χ1n) is 4.46.